The highest BCUT2D eigenvalue weighted by Gasteiger charge is 2.27. The molecule has 0 bridgehead atoms. The number of hydrogen-bond acceptors (Lipinski definition) is 12. The standard InChI is InChI=1S/C27H20N2S.3C23H16N2S/c1-17-28-25(27-26(29-17)23-13-4-5-15-24(23)30-27)20-11-6-10-19(16-20)22-14-7-9-18-8-2-3-12-21(18)22;1-15-24-21(23-22(25-15)19-13-7-8-14-20(19)26-23)18-12-6-5-11-17(18)16-9-3-2-4-10-16;1-15-24-21(23-22(25-15)19-12-5-6-13-20(19)26-23)18-11-7-10-17(14-18)16-8-3-2-4-9-16;1-15-24-21(23-22(25-15)19-9-5-6-10-20(19)26-23)18-13-11-17(12-14-18)16-7-3-2-4-8-16/h2-16,25H,1H3,(H,28,29);3*2-14H,1H3. The van der Waals surface area contributed by atoms with Gasteiger partial charge >= 0.3 is 0 Å². The molecule has 21 rings (SSSR count). The number of aryl methyl sites for hydroxylation is 3. The van der Waals surface area contributed by atoms with Crippen molar-refractivity contribution in [1.29, 1.82) is 0 Å². The van der Waals surface area contributed by atoms with E-state index < -0.39 is 0 Å². The molecule has 0 saturated heterocycles. The smallest absolute Gasteiger partial charge is 0.126 e. The van der Waals surface area contributed by atoms with Gasteiger partial charge in [-0.05, 0) is 125 Å². The Hall–Kier alpha value is -12.6. The summed E-state index contributed by atoms with van der Waals surface area (Å²) in [5, 5.41) is 11.0. The summed E-state index contributed by atoms with van der Waals surface area (Å²) in [6.45, 7) is 7.96. The Morgan fingerprint density at radius 1 is 0.269 bits per heavy atom. The molecule has 0 spiro atoms. The van der Waals surface area contributed by atoms with Gasteiger partial charge in [-0.3, -0.25) is 4.99 Å². The van der Waals surface area contributed by atoms with E-state index in [1.807, 2.05) is 50.3 Å². The molecule has 0 aliphatic carbocycles. The lowest BCUT2D eigenvalue weighted by molar-refractivity contribution is 0.884. The minimum atomic E-state index is 0.0218. The molecule has 0 saturated carbocycles. The van der Waals surface area contributed by atoms with E-state index in [9.17, 15) is 0 Å². The lowest BCUT2D eigenvalue weighted by Gasteiger charge is -2.22. The number of fused-ring (bicyclic) bond motifs is 13. The molecule has 1 aliphatic rings. The number of amidine groups is 1. The summed E-state index contributed by atoms with van der Waals surface area (Å²) in [5.74, 6) is 3.38. The van der Waals surface area contributed by atoms with E-state index in [0.29, 0.717) is 0 Å². The SMILES string of the molecule is CC1=NC(c2cccc(-c3cccc4ccccc34)c2)c2sc3ccccc3c2N1.Cc1nc(-c2ccc(-c3ccccc3)cc2)c2sc3ccccc3c2n1.Cc1nc(-c2cccc(-c3ccccc3)c2)c2sc3ccccc3c2n1.Cc1nc(-c2ccccc2-c2ccccc2)c2sc3ccccc3c2n1. The van der Waals surface area contributed by atoms with Crippen LogP contribution in [-0.2, 0) is 0 Å². The van der Waals surface area contributed by atoms with Gasteiger partial charge in [0.2, 0.25) is 0 Å². The predicted octanol–water partition coefficient (Wildman–Crippen LogP) is 27.1. The fraction of sp³-hybridized carbons (Fsp3) is 0.0521. The summed E-state index contributed by atoms with van der Waals surface area (Å²) in [6.07, 6.45) is 0. The van der Waals surface area contributed by atoms with E-state index in [4.69, 9.17) is 34.9 Å². The van der Waals surface area contributed by atoms with Gasteiger partial charge in [-0.15, -0.1) is 45.3 Å². The number of hydrogen-bond donors (Lipinski definition) is 1. The number of aliphatic imine (C=N–C) groups is 1. The Balaban J connectivity index is 0.000000102. The normalized spacial score (nSPS) is 12.5. The average molecular weight is 1460 g/mol. The third kappa shape index (κ3) is 13.3. The molecule has 1 N–H and O–H groups in total. The number of nitrogens with zero attached hydrogens (tertiary/aromatic N) is 7. The van der Waals surface area contributed by atoms with E-state index in [1.54, 1.807) is 34.0 Å². The van der Waals surface area contributed by atoms with Crippen LogP contribution in [-0.4, -0.2) is 35.7 Å². The highest BCUT2D eigenvalue weighted by atomic mass is 32.1. The third-order valence-electron chi connectivity index (χ3n) is 19.6. The van der Waals surface area contributed by atoms with Crippen LogP contribution in [0.2, 0.25) is 0 Å². The molecule has 12 heteroatoms. The lowest BCUT2D eigenvalue weighted by atomic mass is 9.94. The van der Waals surface area contributed by atoms with Crippen molar-refractivity contribution in [3.63, 3.8) is 0 Å². The van der Waals surface area contributed by atoms with Gasteiger partial charge in [-0.25, -0.2) is 29.9 Å². The molecular weight excluding hydrogens is 1390 g/mol. The van der Waals surface area contributed by atoms with Crippen molar-refractivity contribution in [3.05, 3.63) is 355 Å². The molecular formula is C96H68N8S4. The topological polar surface area (TPSA) is 102 Å². The van der Waals surface area contributed by atoms with Gasteiger partial charge in [0.15, 0.2) is 0 Å². The zero-order chi connectivity index (χ0) is 72.6. The summed E-state index contributed by atoms with van der Waals surface area (Å²) in [7, 11) is 0. The van der Waals surface area contributed by atoms with Gasteiger partial charge in [0.1, 0.15) is 23.5 Å². The van der Waals surface area contributed by atoms with Crippen LogP contribution < -0.4 is 5.32 Å². The average Bonchev–Trinajstić information content (AvgIpc) is 1.59. The molecule has 8 heterocycles. The van der Waals surface area contributed by atoms with Crippen LogP contribution in [0.15, 0.2) is 333 Å². The first kappa shape index (κ1) is 67.3. The second-order valence-corrected chi connectivity index (χ2v) is 31.0. The van der Waals surface area contributed by atoms with Crippen molar-refractivity contribution >= 4 is 139 Å². The van der Waals surface area contributed by atoms with Crippen molar-refractivity contribution in [2.75, 3.05) is 5.32 Å². The summed E-state index contributed by atoms with van der Waals surface area (Å²) in [5.41, 5.74) is 21.8. The maximum atomic E-state index is 5.00. The number of rotatable bonds is 8. The molecule has 108 heavy (non-hydrogen) atoms. The van der Waals surface area contributed by atoms with Crippen molar-refractivity contribution in [1.82, 2.24) is 29.9 Å². The first-order valence-electron chi connectivity index (χ1n) is 36.0. The second kappa shape index (κ2) is 29.4. The van der Waals surface area contributed by atoms with E-state index in [2.05, 4.69) is 322 Å². The summed E-state index contributed by atoms with van der Waals surface area (Å²) in [4.78, 5) is 34.9. The van der Waals surface area contributed by atoms with Gasteiger partial charge in [0, 0.05) is 57.0 Å². The highest BCUT2D eigenvalue weighted by molar-refractivity contribution is 7.27. The molecule has 7 aromatic heterocycles. The number of nitrogens with one attached hydrogen (secondary N) is 1. The minimum absolute atomic E-state index is 0.0218. The van der Waals surface area contributed by atoms with Crippen molar-refractivity contribution in [3.8, 4) is 78.3 Å². The zero-order valence-corrected chi connectivity index (χ0v) is 62.8. The molecule has 1 atom stereocenters. The van der Waals surface area contributed by atoms with E-state index in [0.717, 1.165) is 87.7 Å². The van der Waals surface area contributed by atoms with E-state index in [-0.39, 0.29) is 6.04 Å². The molecule has 13 aromatic carbocycles. The molecule has 0 amide bonds. The summed E-state index contributed by atoms with van der Waals surface area (Å²) in [6, 6.07) is 115. The Morgan fingerprint density at radius 3 is 1.25 bits per heavy atom. The minimum Gasteiger partial charge on any atom is -0.343 e. The molecule has 8 nitrogen and oxygen atoms in total. The third-order valence-corrected chi connectivity index (χ3v) is 24.3. The number of anilines is 1. The maximum absolute atomic E-state index is 5.00. The van der Waals surface area contributed by atoms with Gasteiger partial charge in [0.25, 0.3) is 0 Å². The molecule has 0 radical (unpaired) electrons. The van der Waals surface area contributed by atoms with E-state index >= 15 is 0 Å². The van der Waals surface area contributed by atoms with Crippen LogP contribution in [0.1, 0.15) is 40.9 Å². The van der Waals surface area contributed by atoms with Crippen LogP contribution in [0.5, 0.6) is 0 Å². The Kier molecular flexibility index (Phi) is 18.3. The Labute approximate surface area is 641 Å². The van der Waals surface area contributed by atoms with E-state index in [1.165, 1.54) is 112 Å². The number of thiophene rings is 4. The summed E-state index contributed by atoms with van der Waals surface area (Å²) < 4.78 is 8.52. The van der Waals surface area contributed by atoms with Crippen LogP contribution >= 0.6 is 45.3 Å². The van der Waals surface area contributed by atoms with Crippen molar-refractivity contribution < 1.29 is 0 Å². The fourth-order valence-corrected chi connectivity index (χ4v) is 19.3. The van der Waals surface area contributed by atoms with Gasteiger partial charge in [0.05, 0.1) is 64.1 Å². The molecule has 1 aliphatic heterocycles. The number of aromatic nitrogens is 6. The van der Waals surface area contributed by atoms with Gasteiger partial charge < -0.3 is 5.32 Å². The van der Waals surface area contributed by atoms with Crippen molar-refractivity contribution in [2.24, 2.45) is 4.99 Å². The van der Waals surface area contributed by atoms with Crippen LogP contribution in [0.25, 0.3) is 160 Å². The fourth-order valence-electron chi connectivity index (χ4n) is 14.6. The van der Waals surface area contributed by atoms with Crippen molar-refractivity contribution in [2.45, 2.75) is 33.7 Å². The van der Waals surface area contributed by atoms with Crippen LogP contribution in [0.4, 0.5) is 5.69 Å². The Morgan fingerprint density at radius 2 is 0.657 bits per heavy atom. The summed E-state index contributed by atoms with van der Waals surface area (Å²) >= 11 is 7.15. The predicted molar refractivity (Wildman–Crippen MR) is 461 cm³/mol. The lowest BCUT2D eigenvalue weighted by Crippen LogP contribution is -2.16. The quantitative estimate of drug-likeness (QED) is 0.162. The first-order chi connectivity index (χ1) is 53.2. The molecule has 20 aromatic rings. The molecule has 516 valence electrons. The molecule has 1 unspecified atom stereocenters. The zero-order valence-electron chi connectivity index (χ0n) is 59.5. The van der Waals surface area contributed by atoms with Gasteiger partial charge in [-0.1, -0.05) is 291 Å². The second-order valence-electron chi connectivity index (χ2n) is 26.7. The number of benzene rings is 13. The van der Waals surface area contributed by atoms with Gasteiger partial charge in [-0.2, -0.15) is 0 Å². The highest BCUT2D eigenvalue weighted by Crippen LogP contribution is 2.48. The Bertz CT molecular complexity index is 6780. The van der Waals surface area contributed by atoms with Crippen LogP contribution in [0, 0.1) is 20.8 Å². The largest absolute Gasteiger partial charge is 0.343 e. The monoisotopic (exact) mass is 1460 g/mol. The maximum Gasteiger partial charge on any atom is 0.126 e. The first-order valence-corrected chi connectivity index (χ1v) is 39.3. The van der Waals surface area contributed by atoms with Crippen LogP contribution in [0.3, 0.4) is 0 Å². The molecule has 0 fully saturated rings.